The third-order valence-electron chi connectivity index (χ3n) is 7.32. The van der Waals surface area contributed by atoms with Gasteiger partial charge in [0.2, 0.25) is 11.9 Å². The van der Waals surface area contributed by atoms with E-state index in [1.807, 2.05) is 0 Å². The van der Waals surface area contributed by atoms with Crippen molar-refractivity contribution in [3.05, 3.63) is 33.4 Å². The van der Waals surface area contributed by atoms with E-state index in [-0.39, 0.29) is 34.2 Å². The van der Waals surface area contributed by atoms with Crippen molar-refractivity contribution in [3.8, 4) is 0 Å². The van der Waals surface area contributed by atoms with Crippen LogP contribution in [-0.4, -0.2) is 99.1 Å². The zero-order valence-corrected chi connectivity index (χ0v) is 25.2. The molecule has 3 saturated heterocycles. The molecule has 22 nitrogen and oxygen atoms in total. The molecule has 45 heavy (non-hydrogen) atoms. The number of anilines is 2. The van der Waals surface area contributed by atoms with Gasteiger partial charge in [0.25, 0.3) is 11.1 Å². The van der Waals surface area contributed by atoms with Gasteiger partial charge >= 0.3 is 15.1 Å². The zero-order chi connectivity index (χ0) is 31.8. The maximum Gasteiger partial charge on any atom is 0.386 e. The van der Waals surface area contributed by atoms with E-state index in [1.165, 1.54) is 21.8 Å². The first kappa shape index (κ1) is 30.4. The van der Waals surface area contributed by atoms with Crippen molar-refractivity contribution in [2.75, 3.05) is 24.7 Å². The molecule has 0 bridgehead atoms. The van der Waals surface area contributed by atoms with Crippen LogP contribution in [0.2, 0.25) is 0 Å². The lowest BCUT2D eigenvalue weighted by Gasteiger charge is -2.27. The highest BCUT2D eigenvalue weighted by Crippen LogP contribution is 2.57. The van der Waals surface area contributed by atoms with Crippen molar-refractivity contribution in [1.82, 2.24) is 39.0 Å². The summed E-state index contributed by atoms with van der Waals surface area (Å²) in [6, 6.07) is 0. The fraction of sp³-hybridized carbons (Fsp3) is 0.500. The number of fused-ring (bicyclic) bond motifs is 4. The largest absolute Gasteiger partial charge is 0.386 e. The maximum atomic E-state index is 13.4. The van der Waals surface area contributed by atoms with Gasteiger partial charge in [-0.1, -0.05) is 12.2 Å². The van der Waals surface area contributed by atoms with Gasteiger partial charge in [-0.2, -0.15) is 9.97 Å². The molecule has 0 radical (unpaired) electrons. The van der Waals surface area contributed by atoms with E-state index in [0.29, 0.717) is 0 Å². The Morgan fingerprint density at radius 2 is 1.42 bits per heavy atom. The zero-order valence-electron chi connectivity index (χ0n) is 22.4. The van der Waals surface area contributed by atoms with Crippen LogP contribution in [0.25, 0.3) is 22.3 Å². The molecule has 10 atom stereocenters. The summed E-state index contributed by atoms with van der Waals surface area (Å²) in [6.45, 7) is -5.43. The molecule has 3 fully saturated rings. The summed E-state index contributed by atoms with van der Waals surface area (Å²) in [5.41, 5.74) is 9.83. The molecule has 7 heterocycles. The molecule has 8 N–H and O–H groups in total. The van der Waals surface area contributed by atoms with Crippen molar-refractivity contribution in [2.24, 2.45) is 0 Å². The van der Waals surface area contributed by atoms with Crippen molar-refractivity contribution in [1.29, 1.82) is 0 Å². The minimum Gasteiger partial charge on any atom is -0.386 e. The average Bonchev–Trinajstić information content (AvgIpc) is 3.72. The van der Waals surface area contributed by atoms with E-state index in [2.05, 4.69) is 42.2 Å². The molecule has 7 rings (SSSR count). The molecule has 1 unspecified atom stereocenters. The van der Waals surface area contributed by atoms with E-state index in [4.69, 9.17) is 39.0 Å². The van der Waals surface area contributed by atoms with Gasteiger partial charge < -0.3 is 40.2 Å². The molecule has 3 aliphatic rings. The number of ether oxygens (including phenoxy) is 2. The summed E-state index contributed by atoms with van der Waals surface area (Å²) in [7, 11) is -3.41. The number of hydrogen-bond donors (Lipinski definition) is 7. The van der Waals surface area contributed by atoms with Crippen LogP contribution in [0.3, 0.4) is 0 Å². The second kappa shape index (κ2) is 11.2. The molecule has 0 spiro atoms. The Bertz CT molecular complexity index is 1980. The van der Waals surface area contributed by atoms with E-state index < -0.39 is 88.5 Å². The van der Waals surface area contributed by atoms with E-state index in [9.17, 15) is 28.9 Å². The Kier molecular flexibility index (Phi) is 7.61. The standard InChI is InChI=1S/C20H24N10O12P2S/c21-19-25-13-7(15(33)27-19)23-3-29(13)17-9(31)11-6(40-17)2-38-44(36,45)42-12-5(1-37-43(35)41-11)39-18(10(12)32)30-4-24-8-14(30)26-20(22)28-16(8)34/h3-6,9-12,17-18,31-32,43H,1-2H2,(H,36,45)(H3,21,25,27,33)(H3,22,26,28,34)/t5-,6-,9-,10-,11-,12-,17-,18-,44-/m1/s1. The van der Waals surface area contributed by atoms with Crippen LogP contribution in [0, 0.1) is 0 Å². The number of rotatable bonds is 2. The number of nitrogens with two attached hydrogens (primary N) is 2. The molecular weight excluding hydrogens is 666 g/mol. The quantitative estimate of drug-likeness (QED) is 0.0899. The fourth-order valence-electron chi connectivity index (χ4n) is 5.35. The first-order valence-corrected chi connectivity index (χ1v) is 16.9. The Morgan fingerprint density at radius 1 is 0.911 bits per heavy atom. The highest BCUT2D eigenvalue weighted by atomic mass is 32.7. The SMILES string of the molecule is Nc1nc2c(ncn2[C@@H]2O[C@@H]3CO[P@@](=O)(S)O[C@H]4[C@@H](O)[C@H](n5cnc6c(=O)[nH]c(N)nc65)O[C@@H]4CO[PH](=O)O[C@H]3[C@H]2O)c(=O)[nH]1. The van der Waals surface area contributed by atoms with Crippen LogP contribution in [0.5, 0.6) is 0 Å². The minimum absolute atomic E-state index is 0.0210. The van der Waals surface area contributed by atoms with Gasteiger partial charge in [0.05, 0.1) is 25.9 Å². The summed E-state index contributed by atoms with van der Waals surface area (Å²) < 4.78 is 62.6. The van der Waals surface area contributed by atoms with Gasteiger partial charge in [-0.15, -0.1) is 0 Å². The van der Waals surface area contributed by atoms with Gasteiger partial charge in [-0.05, 0) is 0 Å². The van der Waals surface area contributed by atoms with Crippen molar-refractivity contribution in [3.63, 3.8) is 0 Å². The molecule has 4 aromatic heterocycles. The van der Waals surface area contributed by atoms with Gasteiger partial charge in [0.1, 0.15) is 36.6 Å². The van der Waals surface area contributed by atoms with Crippen molar-refractivity contribution in [2.45, 2.75) is 49.1 Å². The normalized spacial score (nSPS) is 36.0. The molecule has 3 aliphatic heterocycles. The molecule has 0 aliphatic carbocycles. The third kappa shape index (κ3) is 5.38. The molecule has 0 amide bonds. The highest BCUT2D eigenvalue weighted by Gasteiger charge is 2.52. The topological polar surface area (TPSA) is 309 Å². The molecule has 242 valence electrons. The summed E-state index contributed by atoms with van der Waals surface area (Å²) in [4.78, 5) is 45.1. The Balaban J connectivity index is 1.15. The minimum atomic E-state index is -4.33. The van der Waals surface area contributed by atoms with Gasteiger partial charge in [0.15, 0.2) is 34.8 Å². The van der Waals surface area contributed by atoms with Crippen LogP contribution in [0.1, 0.15) is 12.5 Å². The molecular formula is C20H24N10O12P2S. The van der Waals surface area contributed by atoms with Crippen LogP contribution in [0.15, 0.2) is 22.2 Å². The van der Waals surface area contributed by atoms with Gasteiger partial charge in [0, 0.05) is 0 Å². The van der Waals surface area contributed by atoms with Gasteiger partial charge in [-0.3, -0.25) is 42.3 Å². The first-order valence-electron chi connectivity index (χ1n) is 13.0. The van der Waals surface area contributed by atoms with E-state index in [1.54, 1.807) is 0 Å². The lowest BCUT2D eigenvalue weighted by molar-refractivity contribution is -0.0557. The third-order valence-corrected chi connectivity index (χ3v) is 9.80. The number of nitrogens with one attached hydrogen (secondary N) is 2. The summed E-state index contributed by atoms with van der Waals surface area (Å²) in [6.07, 6.45) is -8.68. The second-order valence-electron chi connectivity index (χ2n) is 10.1. The van der Waals surface area contributed by atoms with E-state index in [0.717, 1.165) is 0 Å². The molecule has 25 heteroatoms. The lowest BCUT2D eigenvalue weighted by Crippen LogP contribution is -2.38. The fourth-order valence-corrected chi connectivity index (χ4v) is 7.72. The Morgan fingerprint density at radius 3 is 1.98 bits per heavy atom. The molecule has 0 saturated carbocycles. The van der Waals surface area contributed by atoms with E-state index >= 15 is 0 Å². The number of nitrogen functional groups attached to an aromatic ring is 2. The number of aliphatic hydroxyl groups excluding tert-OH is 2. The lowest BCUT2D eigenvalue weighted by atomic mass is 10.1. The van der Waals surface area contributed by atoms with Crippen LogP contribution >= 0.6 is 27.3 Å². The predicted octanol–water partition coefficient (Wildman–Crippen LogP) is -1.82. The second-order valence-corrected chi connectivity index (χ2v) is 14.0. The Hall–Kier alpha value is -3.21. The summed E-state index contributed by atoms with van der Waals surface area (Å²) in [5.74, 6) is -0.434. The monoisotopic (exact) mass is 690 g/mol. The molecule has 0 aromatic carbocycles. The average molecular weight is 690 g/mol. The number of imidazole rings is 2. The predicted molar refractivity (Wildman–Crippen MR) is 152 cm³/mol. The number of H-pyrrole nitrogens is 2. The van der Waals surface area contributed by atoms with Gasteiger partial charge in [-0.25, -0.2) is 14.5 Å². The van der Waals surface area contributed by atoms with Crippen LogP contribution < -0.4 is 22.6 Å². The Labute approximate surface area is 254 Å². The van der Waals surface area contributed by atoms with Crippen LogP contribution in [0.4, 0.5) is 11.9 Å². The van der Waals surface area contributed by atoms with Crippen molar-refractivity contribution < 1.29 is 46.9 Å². The number of thiol groups is 1. The summed E-state index contributed by atoms with van der Waals surface area (Å²) in [5, 5.41) is 22.3. The number of hydrogen-bond acceptors (Lipinski definition) is 18. The molecule has 4 aromatic rings. The van der Waals surface area contributed by atoms with Crippen molar-refractivity contribution >= 4 is 61.5 Å². The smallest absolute Gasteiger partial charge is 0.386 e. The number of aliphatic hydroxyl groups is 2. The van der Waals surface area contributed by atoms with Crippen LogP contribution in [-0.2, 0) is 36.7 Å². The number of aromatic nitrogens is 8. The first-order chi connectivity index (χ1) is 21.4. The number of aromatic amines is 2. The highest BCUT2D eigenvalue weighted by molar-refractivity contribution is 8.44. The number of nitrogens with zero attached hydrogens (tertiary/aromatic N) is 6. The maximum absolute atomic E-state index is 13.4. The summed E-state index contributed by atoms with van der Waals surface area (Å²) >= 11 is 4.03.